The van der Waals surface area contributed by atoms with E-state index in [2.05, 4.69) is 56.7 Å². The van der Waals surface area contributed by atoms with Gasteiger partial charge in [0.15, 0.2) is 0 Å². The zero-order valence-corrected chi connectivity index (χ0v) is 14.3. The summed E-state index contributed by atoms with van der Waals surface area (Å²) < 4.78 is 12.4. The highest BCUT2D eigenvalue weighted by Gasteiger charge is 2.37. The van der Waals surface area contributed by atoms with Crippen LogP contribution < -0.4 is 0 Å². The molecule has 0 aromatic carbocycles. The largest absolute Gasteiger partial charge is 0.371 e. The molecule has 0 amide bonds. The van der Waals surface area contributed by atoms with Crippen LogP contribution >= 0.6 is 31.9 Å². The standard InChI is InChI=1S/C15H20Br2O2/c1-2-13-12(17)10-15-14(19-13)8-4-3-6-11(18-15)7-5-9-16/h3-4,7,9,11-15H,2,6,8,10H2,1H3/b4-3-/t5?,11-,12+,13-,14+,15+/m1/s1. The zero-order valence-electron chi connectivity index (χ0n) is 11.1. The second-order valence-electron chi connectivity index (χ2n) is 4.97. The summed E-state index contributed by atoms with van der Waals surface area (Å²) in [5, 5.41) is 0. The van der Waals surface area contributed by atoms with Crippen molar-refractivity contribution in [3.8, 4) is 0 Å². The SMILES string of the molecule is CC[C@H]1O[C@H]2C/C=C\C[C@H](C=C=CBr)O[C@H]2C[C@@H]1Br. The van der Waals surface area contributed by atoms with Crippen molar-refractivity contribution >= 4 is 31.9 Å². The van der Waals surface area contributed by atoms with Crippen LogP contribution in [0.1, 0.15) is 32.6 Å². The minimum atomic E-state index is 0.0827. The first-order chi connectivity index (χ1) is 9.24. The zero-order chi connectivity index (χ0) is 13.7. The molecule has 2 heterocycles. The first-order valence-corrected chi connectivity index (χ1v) is 8.69. The van der Waals surface area contributed by atoms with Gasteiger partial charge in [-0.05, 0) is 31.8 Å². The van der Waals surface area contributed by atoms with E-state index in [0.29, 0.717) is 10.9 Å². The lowest BCUT2D eigenvalue weighted by Gasteiger charge is -2.40. The summed E-state index contributed by atoms with van der Waals surface area (Å²) in [5.74, 6) is 0. The van der Waals surface area contributed by atoms with E-state index in [1.54, 1.807) is 4.99 Å². The van der Waals surface area contributed by atoms with Gasteiger partial charge in [0.25, 0.3) is 0 Å². The maximum atomic E-state index is 6.20. The molecular formula is C15H20Br2O2. The maximum absolute atomic E-state index is 6.20. The third-order valence-corrected chi connectivity index (χ3v) is 4.85. The highest BCUT2D eigenvalue weighted by Crippen LogP contribution is 2.32. The van der Waals surface area contributed by atoms with E-state index in [1.807, 2.05) is 6.08 Å². The third-order valence-electron chi connectivity index (χ3n) is 3.63. The van der Waals surface area contributed by atoms with Crippen molar-refractivity contribution in [2.45, 2.75) is 61.9 Å². The van der Waals surface area contributed by atoms with Crippen molar-refractivity contribution in [1.29, 1.82) is 0 Å². The van der Waals surface area contributed by atoms with Crippen molar-refractivity contribution in [1.82, 2.24) is 0 Å². The van der Waals surface area contributed by atoms with Gasteiger partial charge in [0.2, 0.25) is 0 Å². The number of rotatable bonds is 2. The fraction of sp³-hybridized carbons (Fsp3) is 0.667. The van der Waals surface area contributed by atoms with E-state index >= 15 is 0 Å². The van der Waals surface area contributed by atoms with Crippen LogP contribution in [-0.2, 0) is 9.47 Å². The van der Waals surface area contributed by atoms with Gasteiger partial charge in [-0.15, -0.1) is 5.73 Å². The summed E-state index contributed by atoms with van der Waals surface area (Å²) in [6, 6.07) is 0. The van der Waals surface area contributed by atoms with Gasteiger partial charge in [-0.3, -0.25) is 0 Å². The Balaban J connectivity index is 2.08. The lowest BCUT2D eigenvalue weighted by atomic mass is 9.96. The topological polar surface area (TPSA) is 18.5 Å². The van der Waals surface area contributed by atoms with Crippen LogP contribution in [0.25, 0.3) is 0 Å². The van der Waals surface area contributed by atoms with Gasteiger partial charge in [-0.1, -0.05) is 50.9 Å². The van der Waals surface area contributed by atoms with E-state index in [9.17, 15) is 0 Å². The average Bonchev–Trinajstić information content (AvgIpc) is 2.39. The number of hydrogen-bond acceptors (Lipinski definition) is 2. The van der Waals surface area contributed by atoms with E-state index < -0.39 is 0 Å². The van der Waals surface area contributed by atoms with Crippen molar-refractivity contribution in [2.75, 3.05) is 0 Å². The van der Waals surface area contributed by atoms with Gasteiger partial charge in [0.05, 0.1) is 24.4 Å². The lowest BCUT2D eigenvalue weighted by Crippen LogP contribution is -2.47. The second-order valence-corrected chi connectivity index (χ2v) is 6.61. The molecule has 2 aliphatic rings. The normalized spacial score (nSPS) is 40.3. The summed E-state index contributed by atoms with van der Waals surface area (Å²) in [7, 11) is 0. The Bertz CT molecular complexity index is 374. The number of halogens is 2. The van der Waals surface area contributed by atoms with Gasteiger partial charge < -0.3 is 9.47 Å². The molecule has 0 radical (unpaired) electrons. The molecule has 2 nitrogen and oxygen atoms in total. The molecule has 0 aromatic heterocycles. The molecule has 0 N–H and O–H groups in total. The van der Waals surface area contributed by atoms with E-state index in [0.717, 1.165) is 25.7 Å². The van der Waals surface area contributed by atoms with Gasteiger partial charge in [0, 0.05) is 9.81 Å². The Morgan fingerprint density at radius 3 is 2.79 bits per heavy atom. The van der Waals surface area contributed by atoms with E-state index in [4.69, 9.17) is 9.47 Å². The molecule has 2 aliphatic heterocycles. The minimum Gasteiger partial charge on any atom is -0.371 e. The highest BCUT2D eigenvalue weighted by molar-refractivity contribution is 9.11. The van der Waals surface area contributed by atoms with Gasteiger partial charge in [-0.25, -0.2) is 0 Å². The minimum absolute atomic E-state index is 0.0827. The first-order valence-electron chi connectivity index (χ1n) is 6.85. The monoisotopic (exact) mass is 390 g/mol. The molecule has 2 rings (SSSR count). The molecule has 1 saturated heterocycles. The molecule has 0 saturated carbocycles. The predicted molar refractivity (Wildman–Crippen MR) is 84.9 cm³/mol. The predicted octanol–water partition coefficient (Wildman–Crippen LogP) is 4.48. The van der Waals surface area contributed by atoms with Gasteiger partial charge in [-0.2, -0.15) is 0 Å². The smallest absolute Gasteiger partial charge is 0.0876 e. The molecule has 0 bridgehead atoms. The Hall–Kier alpha value is 0.140. The van der Waals surface area contributed by atoms with Crippen molar-refractivity contribution in [3.05, 3.63) is 28.9 Å². The van der Waals surface area contributed by atoms with Crippen molar-refractivity contribution < 1.29 is 9.47 Å². The van der Waals surface area contributed by atoms with Crippen LogP contribution in [0.2, 0.25) is 0 Å². The van der Waals surface area contributed by atoms with Crippen LogP contribution in [0.5, 0.6) is 0 Å². The molecule has 19 heavy (non-hydrogen) atoms. The quantitative estimate of drug-likeness (QED) is 0.392. The van der Waals surface area contributed by atoms with Crippen LogP contribution in [0.4, 0.5) is 0 Å². The van der Waals surface area contributed by atoms with E-state index in [1.165, 1.54) is 0 Å². The second kappa shape index (κ2) is 7.80. The summed E-state index contributed by atoms with van der Waals surface area (Å²) >= 11 is 6.97. The molecule has 4 heteroatoms. The highest BCUT2D eigenvalue weighted by atomic mass is 79.9. The van der Waals surface area contributed by atoms with Crippen LogP contribution in [-0.4, -0.2) is 29.2 Å². The summed E-state index contributed by atoms with van der Waals surface area (Å²) in [4.78, 5) is 2.12. The summed E-state index contributed by atoms with van der Waals surface area (Å²) in [5.41, 5.74) is 3.05. The first kappa shape index (κ1) is 15.5. The average molecular weight is 392 g/mol. The fourth-order valence-corrected chi connectivity index (χ4v) is 3.64. The molecular weight excluding hydrogens is 372 g/mol. The Morgan fingerprint density at radius 2 is 2.05 bits per heavy atom. The molecule has 1 fully saturated rings. The fourth-order valence-electron chi connectivity index (χ4n) is 2.62. The molecule has 0 spiro atoms. The summed E-state index contributed by atoms with van der Waals surface area (Å²) in [6.45, 7) is 2.17. The lowest BCUT2D eigenvalue weighted by molar-refractivity contribution is -0.146. The molecule has 5 atom stereocenters. The Labute approximate surface area is 132 Å². The van der Waals surface area contributed by atoms with Crippen LogP contribution in [0.15, 0.2) is 28.9 Å². The number of alkyl halides is 1. The molecule has 0 unspecified atom stereocenters. The van der Waals surface area contributed by atoms with Gasteiger partial charge >= 0.3 is 0 Å². The molecule has 106 valence electrons. The third kappa shape index (κ3) is 4.30. The maximum Gasteiger partial charge on any atom is 0.0876 e. The summed E-state index contributed by atoms with van der Waals surface area (Å²) in [6.07, 6.45) is 11.0. The molecule has 0 aliphatic carbocycles. The van der Waals surface area contributed by atoms with Crippen LogP contribution in [0.3, 0.4) is 0 Å². The number of ether oxygens (including phenoxy) is 2. The number of hydrogen-bond donors (Lipinski definition) is 0. The van der Waals surface area contributed by atoms with Crippen molar-refractivity contribution in [3.63, 3.8) is 0 Å². The Morgan fingerprint density at radius 1 is 1.26 bits per heavy atom. The van der Waals surface area contributed by atoms with Crippen molar-refractivity contribution in [2.24, 2.45) is 0 Å². The van der Waals surface area contributed by atoms with Crippen LogP contribution in [0, 0.1) is 0 Å². The molecule has 0 aromatic rings. The van der Waals surface area contributed by atoms with E-state index in [-0.39, 0.29) is 18.3 Å². The van der Waals surface area contributed by atoms with Gasteiger partial charge in [0.1, 0.15) is 0 Å². The number of fused-ring (bicyclic) bond motifs is 1. The Kier molecular flexibility index (Phi) is 6.37.